The number of benzene rings is 1. The molecule has 0 bridgehead atoms. The van der Waals surface area contributed by atoms with E-state index in [1.165, 1.54) is 11.3 Å². The monoisotopic (exact) mass is 359 g/mol. The van der Waals surface area contributed by atoms with E-state index < -0.39 is 23.9 Å². The Kier molecular flexibility index (Phi) is 4.75. The molecule has 1 atom stereocenters. The number of hydrogen-bond acceptors (Lipinski definition) is 6. The summed E-state index contributed by atoms with van der Waals surface area (Å²) >= 11 is 1.27. The average molecular weight is 359 g/mol. The van der Waals surface area contributed by atoms with Crippen molar-refractivity contribution in [3.8, 4) is 0 Å². The number of aromatic nitrogens is 2. The first kappa shape index (κ1) is 17.0. The lowest BCUT2D eigenvalue weighted by molar-refractivity contribution is -0.130. The van der Waals surface area contributed by atoms with Gasteiger partial charge < -0.3 is 5.32 Å². The summed E-state index contributed by atoms with van der Waals surface area (Å²) in [7, 11) is 0. The summed E-state index contributed by atoms with van der Waals surface area (Å²) in [5.41, 5.74) is 0.675. The molecule has 0 spiro atoms. The van der Waals surface area contributed by atoms with Crippen LogP contribution in [-0.2, 0) is 9.59 Å². The summed E-state index contributed by atoms with van der Waals surface area (Å²) in [4.78, 5) is 37.5. The van der Waals surface area contributed by atoms with Crippen LogP contribution in [0.3, 0.4) is 0 Å². The Balaban J connectivity index is 1.64. The van der Waals surface area contributed by atoms with Gasteiger partial charge in [-0.3, -0.25) is 19.8 Å². The first-order valence-corrected chi connectivity index (χ1v) is 8.57. The number of rotatable bonds is 5. The molecular formula is C16H17N5O3S. The summed E-state index contributed by atoms with van der Waals surface area (Å²) in [6, 6.07) is 7.54. The summed E-state index contributed by atoms with van der Waals surface area (Å²) in [5.74, 6) is -0.740. The molecule has 0 aliphatic carbocycles. The standard InChI is InChI=1S/C16H17N5O3S/c1-9(2)13-19-20-15(25-13)17-11(22)8-21-14(23)12(18-16(21)24)10-6-4-3-5-7-10/h3-7,9,12H,8H2,1-2H3,(H,18,24)(H,17,20,22). The minimum absolute atomic E-state index is 0.209. The fourth-order valence-corrected chi connectivity index (χ4v) is 3.12. The van der Waals surface area contributed by atoms with Crippen molar-refractivity contribution in [3.05, 3.63) is 40.9 Å². The average Bonchev–Trinajstić information content (AvgIpc) is 3.16. The molecule has 1 fully saturated rings. The van der Waals surface area contributed by atoms with Crippen molar-refractivity contribution < 1.29 is 14.4 Å². The molecule has 1 aliphatic rings. The molecule has 1 unspecified atom stereocenters. The van der Waals surface area contributed by atoms with Gasteiger partial charge in [-0.25, -0.2) is 4.79 Å². The van der Waals surface area contributed by atoms with Gasteiger partial charge in [0.2, 0.25) is 11.0 Å². The summed E-state index contributed by atoms with van der Waals surface area (Å²) in [5, 5.41) is 14.2. The van der Waals surface area contributed by atoms with Gasteiger partial charge in [0.1, 0.15) is 17.6 Å². The third-order valence-electron chi connectivity index (χ3n) is 3.64. The molecule has 25 heavy (non-hydrogen) atoms. The molecule has 3 rings (SSSR count). The maximum Gasteiger partial charge on any atom is 0.325 e. The van der Waals surface area contributed by atoms with Crippen molar-refractivity contribution in [2.24, 2.45) is 0 Å². The van der Waals surface area contributed by atoms with E-state index in [9.17, 15) is 14.4 Å². The zero-order chi connectivity index (χ0) is 18.0. The quantitative estimate of drug-likeness (QED) is 0.794. The minimum atomic E-state index is -0.768. The van der Waals surface area contributed by atoms with E-state index in [0.29, 0.717) is 10.7 Å². The van der Waals surface area contributed by atoms with Crippen LogP contribution in [0.15, 0.2) is 30.3 Å². The molecule has 4 amide bonds. The van der Waals surface area contributed by atoms with Crippen LogP contribution < -0.4 is 10.6 Å². The largest absolute Gasteiger partial charge is 0.325 e. The minimum Gasteiger partial charge on any atom is -0.322 e. The molecule has 2 aromatic rings. The van der Waals surface area contributed by atoms with E-state index in [1.807, 2.05) is 19.9 Å². The van der Waals surface area contributed by atoms with Crippen molar-refractivity contribution in [3.63, 3.8) is 0 Å². The highest BCUT2D eigenvalue weighted by molar-refractivity contribution is 7.15. The van der Waals surface area contributed by atoms with Crippen molar-refractivity contribution in [2.45, 2.75) is 25.8 Å². The predicted molar refractivity (Wildman–Crippen MR) is 92.1 cm³/mol. The molecule has 0 saturated carbocycles. The number of nitrogens with one attached hydrogen (secondary N) is 2. The molecule has 0 radical (unpaired) electrons. The lowest BCUT2D eigenvalue weighted by Crippen LogP contribution is -2.38. The van der Waals surface area contributed by atoms with Crippen LogP contribution >= 0.6 is 11.3 Å². The first-order valence-electron chi connectivity index (χ1n) is 7.75. The maximum atomic E-state index is 12.4. The van der Waals surface area contributed by atoms with E-state index in [2.05, 4.69) is 20.8 Å². The molecule has 1 saturated heterocycles. The van der Waals surface area contributed by atoms with Crippen molar-refractivity contribution >= 4 is 34.3 Å². The number of imide groups is 1. The van der Waals surface area contributed by atoms with Gasteiger partial charge >= 0.3 is 6.03 Å². The highest BCUT2D eigenvalue weighted by Gasteiger charge is 2.39. The van der Waals surface area contributed by atoms with Gasteiger partial charge in [0, 0.05) is 5.92 Å². The fraction of sp³-hybridized carbons (Fsp3) is 0.312. The second kappa shape index (κ2) is 6.98. The maximum absolute atomic E-state index is 12.4. The van der Waals surface area contributed by atoms with Crippen LogP contribution in [0.1, 0.15) is 36.4 Å². The molecule has 1 aromatic heterocycles. The molecule has 130 valence electrons. The van der Waals surface area contributed by atoms with E-state index in [4.69, 9.17) is 0 Å². The van der Waals surface area contributed by atoms with Crippen molar-refractivity contribution in [1.82, 2.24) is 20.4 Å². The SMILES string of the molecule is CC(C)c1nnc(NC(=O)CN2C(=O)NC(c3ccccc3)C2=O)s1. The number of hydrogen-bond donors (Lipinski definition) is 2. The number of nitrogens with zero attached hydrogens (tertiary/aromatic N) is 3. The first-order chi connectivity index (χ1) is 12.0. The van der Waals surface area contributed by atoms with Gasteiger partial charge in [0.25, 0.3) is 5.91 Å². The van der Waals surface area contributed by atoms with Gasteiger partial charge in [0.05, 0.1) is 0 Å². The highest BCUT2D eigenvalue weighted by Crippen LogP contribution is 2.23. The van der Waals surface area contributed by atoms with E-state index in [0.717, 1.165) is 9.91 Å². The van der Waals surface area contributed by atoms with E-state index in [-0.39, 0.29) is 12.5 Å². The van der Waals surface area contributed by atoms with Gasteiger partial charge in [-0.15, -0.1) is 10.2 Å². The fourth-order valence-electron chi connectivity index (χ4n) is 2.36. The van der Waals surface area contributed by atoms with Crippen LogP contribution in [0.4, 0.5) is 9.93 Å². The number of carbonyl (C=O) groups excluding carboxylic acids is 3. The Morgan fingerprint density at radius 1 is 1.28 bits per heavy atom. The second-order valence-corrected chi connectivity index (χ2v) is 6.87. The predicted octanol–water partition coefficient (Wildman–Crippen LogP) is 1.89. The van der Waals surface area contributed by atoms with Crippen LogP contribution in [0.2, 0.25) is 0 Å². The summed E-state index contributed by atoms with van der Waals surface area (Å²) in [6.07, 6.45) is 0. The Bertz CT molecular complexity index is 805. The summed E-state index contributed by atoms with van der Waals surface area (Å²) < 4.78 is 0. The molecular weight excluding hydrogens is 342 g/mol. The van der Waals surface area contributed by atoms with Gasteiger partial charge in [-0.2, -0.15) is 0 Å². The van der Waals surface area contributed by atoms with Crippen LogP contribution in [-0.4, -0.2) is 39.5 Å². The Morgan fingerprint density at radius 3 is 2.64 bits per heavy atom. The molecule has 1 aromatic carbocycles. The number of amides is 4. The van der Waals surface area contributed by atoms with Crippen molar-refractivity contribution in [2.75, 3.05) is 11.9 Å². The number of anilines is 1. The topological polar surface area (TPSA) is 104 Å². The van der Waals surface area contributed by atoms with Crippen LogP contribution in [0.5, 0.6) is 0 Å². The smallest absolute Gasteiger partial charge is 0.322 e. The van der Waals surface area contributed by atoms with Gasteiger partial charge in [0.15, 0.2) is 0 Å². The van der Waals surface area contributed by atoms with Crippen molar-refractivity contribution in [1.29, 1.82) is 0 Å². The van der Waals surface area contributed by atoms with Crippen LogP contribution in [0, 0.1) is 0 Å². The highest BCUT2D eigenvalue weighted by atomic mass is 32.1. The molecule has 8 nitrogen and oxygen atoms in total. The third-order valence-corrected chi connectivity index (χ3v) is 4.78. The Morgan fingerprint density at radius 2 is 2.00 bits per heavy atom. The third kappa shape index (κ3) is 3.66. The van der Waals surface area contributed by atoms with Gasteiger partial charge in [-0.05, 0) is 5.56 Å². The number of carbonyl (C=O) groups is 3. The molecule has 1 aliphatic heterocycles. The number of urea groups is 1. The molecule has 2 N–H and O–H groups in total. The van der Waals surface area contributed by atoms with Crippen LogP contribution in [0.25, 0.3) is 0 Å². The van der Waals surface area contributed by atoms with Gasteiger partial charge in [-0.1, -0.05) is 55.5 Å². The molecule has 9 heteroatoms. The lowest BCUT2D eigenvalue weighted by atomic mass is 10.1. The zero-order valence-corrected chi connectivity index (χ0v) is 14.5. The van der Waals surface area contributed by atoms with E-state index >= 15 is 0 Å². The van der Waals surface area contributed by atoms with E-state index in [1.54, 1.807) is 24.3 Å². The Hall–Kier alpha value is -2.81. The summed E-state index contributed by atoms with van der Waals surface area (Å²) in [6.45, 7) is 3.58. The normalized spacial score (nSPS) is 17.1. The lowest BCUT2D eigenvalue weighted by Gasteiger charge is -2.12. The Labute approximate surface area is 148 Å². The molecule has 2 heterocycles. The second-order valence-electron chi connectivity index (χ2n) is 5.87. The zero-order valence-electron chi connectivity index (χ0n) is 13.7.